The molecular weight excluding hydrogens is 715 g/mol. The Bertz CT molecular complexity index is 1990. The molecule has 1 aromatic carbocycles. The number of hydrogen-bond donors (Lipinski definition) is 3. The third kappa shape index (κ3) is 8.06. The lowest BCUT2D eigenvalue weighted by Gasteiger charge is -2.30. The minimum Gasteiger partial charge on any atom is -0.496 e. The second-order valence-corrected chi connectivity index (χ2v) is 17.9. The zero-order valence-electron chi connectivity index (χ0n) is 31.0. The highest BCUT2D eigenvalue weighted by atomic mass is 32.2. The summed E-state index contributed by atoms with van der Waals surface area (Å²) in [6, 6.07) is 3.58. The van der Waals surface area contributed by atoms with Crippen LogP contribution >= 0.6 is 0 Å². The summed E-state index contributed by atoms with van der Waals surface area (Å²) in [6.07, 6.45) is 13.0. The number of methoxy groups -OCH3 is 1. The van der Waals surface area contributed by atoms with E-state index in [-0.39, 0.29) is 26.0 Å². The van der Waals surface area contributed by atoms with Crippen LogP contribution in [0, 0.1) is 11.3 Å². The number of amides is 4. The van der Waals surface area contributed by atoms with Gasteiger partial charge in [-0.1, -0.05) is 51.0 Å². The van der Waals surface area contributed by atoms with E-state index in [2.05, 4.69) is 20.3 Å². The number of cyclic esters (lactones) is 1. The van der Waals surface area contributed by atoms with Gasteiger partial charge in [-0.2, -0.15) is 0 Å². The summed E-state index contributed by atoms with van der Waals surface area (Å²) < 4.78 is 45.8. The summed E-state index contributed by atoms with van der Waals surface area (Å²) in [4.78, 5) is 61.9. The monoisotopic (exact) mass is 763 g/mol. The molecule has 0 unspecified atom stereocenters. The van der Waals surface area contributed by atoms with Crippen molar-refractivity contribution in [3.05, 3.63) is 48.2 Å². The van der Waals surface area contributed by atoms with Crippen molar-refractivity contribution >= 4 is 50.7 Å². The molecule has 0 radical (unpaired) electrons. The number of aromatic nitrogens is 1. The van der Waals surface area contributed by atoms with Gasteiger partial charge < -0.3 is 29.7 Å². The second kappa shape index (κ2) is 14.9. The summed E-state index contributed by atoms with van der Waals surface area (Å²) in [5.74, 6) is -1.33. The van der Waals surface area contributed by atoms with E-state index in [1.54, 1.807) is 13.3 Å². The Kier molecular flexibility index (Phi) is 10.4. The van der Waals surface area contributed by atoms with Crippen LogP contribution in [0.15, 0.2) is 42.6 Å². The first-order valence-electron chi connectivity index (χ1n) is 18.9. The van der Waals surface area contributed by atoms with Crippen LogP contribution in [0.3, 0.4) is 0 Å². The van der Waals surface area contributed by atoms with Crippen LogP contribution in [0.2, 0.25) is 0 Å². The smallest absolute Gasteiger partial charge is 0.407 e. The Morgan fingerprint density at radius 3 is 2.69 bits per heavy atom. The summed E-state index contributed by atoms with van der Waals surface area (Å²) in [6.45, 7) is 4.04. The van der Waals surface area contributed by atoms with Gasteiger partial charge in [-0.05, 0) is 68.5 Å². The van der Waals surface area contributed by atoms with Gasteiger partial charge in [0, 0.05) is 34.9 Å². The number of alkyl carbamates (subject to hydrolysis) is 1. The van der Waals surface area contributed by atoms with E-state index in [0.717, 1.165) is 23.8 Å². The molecule has 3 N–H and O–H groups in total. The molecule has 2 aromatic rings. The summed E-state index contributed by atoms with van der Waals surface area (Å²) in [5.41, 5.74) is -1.15. The van der Waals surface area contributed by atoms with Crippen LogP contribution in [-0.4, -0.2) is 91.4 Å². The lowest BCUT2D eigenvalue weighted by molar-refractivity contribution is -0.141. The number of nitrogens with one attached hydrogen (secondary N) is 3. The molecule has 3 fully saturated rings. The van der Waals surface area contributed by atoms with Gasteiger partial charge in [0.1, 0.15) is 29.5 Å². The van der Waals surface area contributed by atoms with Gasteiger partial charge >= 0.3 is 6.09 Å². The molecular formula is C39H49N5O9S. The van der Waals surface area contributed by atoms with Crippen molar-refractivity contribution in [2.45, 2.75) is 107 Å². The number of carbonyl (C=O) groups excluding carboxylic acids is 4. The van der Waals surface area contributed by atoms with Crippen molar-refractivity contribution in [2.24, 2.45) is 11.3 Å². The van der Waals surface area contributed by atoms with Crippen molar-refractivity contribution in [3.63, 3.8) is 0 Å². The number of ether oxygens (including phenoxy) is 3. The number of nitrogens with zero attached hydrogens (tertiary/aromatic N) is 2. The van der Waals surface area contributed by atoms with Crippen LogP contribution < -0.4 is 24.8 Å². The number of rotatable bonds is 4. The van der Waals surface area contributed by atoms with Crippen molar-refractivity contribution < 1.29 is 41.8 Å². The van der Waals surface area contributed by atoms with E-state index in [0.29, 0.717) is 55.5 Å². The van der Waals surface area contributed by atoms with Crippen LogP contribution in [0.5, 0.6) is 11.6 Å². The first-order chi connectivity index (χ1) is 25.8. The molecule has 290 valence electrons. The number of sulfonamides is 1. The fourth-order valence-electron chi connectivity index (χ4n) is 7.61. The van der Waals surface area contributed by atoms with Crippen molar-refractivity contribution in [1.29, 1.82) is 0 Å². The highest BCUT2D eigenvalue weighted by Gasteiger charge is 2.62. The van der Waals surface area contributed by atoms with Crippen LogP contribution in [0.4, 0.5) is 4.79 Å². The highest BCUT2D eigenvalue weighted by Crippen LogP contribution is 2.46. The number of fused-ring (bicyclic) bond motifs is 4. The average Bonchev–Trinajstić information content (AvgIpc) is 4.06. The molecule has 5 bridgehead atoms. The minimum atomic E-state index is -3.89. The number of allylic oxidation sites excluding steroid dienone is 2. The third-order valence-corrected chi connectivity index (χ3v) is 12.9. The molecule has 4 heterocycles. The topological polar surface area (TPSA) is 182 Å². The van der Waals surface area contributed by atoms with E-state index < -0.39 is 74.1 Å². The summed E-state index contributed by atoms with van der Waals surface area (Å²) >= 11 is 0. The highest BCUT2D eigenvalue weighted by molar-refractivity contribution is 7.91. The molecule has 4 amide bonds. The van der Waals surface area contributed by atoms with Gasteiger partial charge in [0.2, 0.25) is 27.7 Å². The Labute approximate surface area is 315 Å². The van der Waals surface area contributed by atoms with Crippen LogP contribution in [0.1, 0.15) is 83.6 Å². The van der Waals surface area contributed by atoms with E-state index in [1.165, 1.54) is 4.90 Å². The molecule has 2 saturated carbocycles. The maximum absolute atomic E-state index is 14.5. The number of carbonyl (C=O) groups is 4. The van der Waals surface area contributed by atoms with Gasteiger partial charge in [-0.25, -0.2) is 18.2 Å². The zero-order valence-corrected chi connectivity index (χ0v) is 31.8. The van der Waals surface area contributed by atoms with E-state index in [1.807, 2.05) is 56.4 Å². The Morgan fingerprint density at radius 2 is 1.91 bits per heavy atom. The molecule has 0 spiro atoms. The van der Waals surface area contributed by atoms with Crippen molar-refractivity contribution in [1.82, 2.24) is 25.2 Å². The fourth-order valence-corrected chi connectivity index (χ4v) is 8.97. The Balaban J connectivity index is 1.25. The Hall–Kier alpha value is -4.66. The standard InChI is InChI=1S/C39H49N5O9S/c1-38(2)16-9-10-25-18-29-24(19-32(25)51-3)15-17-40-34(29)53-27-20-31-33(45)42-39(36(47)43-54(49,50)28-13-14-28)21-26(39)11-7-5-4-6-8-12-30(35(46)44(31)22-27)41-37(48)52-23-38/h7,9-11,15,17-19,26-28,30-31H,4-6,8,12-14,16,20-23H2,1-3H3,(H,41,48)(H,42,45)(H,43,47)/b10-9+,11-7-/t26-,27-,30+,31+,39-/m1/s1. The normalized spacial score (nSPS) is 30.2. The zero-order chi connectivity index (χ0) is 38.3. The molecule has 1 saturated heterocycles. The third-order valence-electron chi connectivity index (χ3n) is 11.1. The molecule has 1 aromatic heterocycles. The molecule has 5 atom stereocenters. The first-order valence-corrected chi connectivity index (χ1v) is 20.4. The Morgan fingerprint density at radius 1 is 1.09 bits per heavy atom. The number of benzene rings is 1. The van der Waals surface area contributed by atoms with Crippen LogP contribution in [0.25, 0.3) is 16.8 Å². The SMILES string of the molecule is COc1cc2ccnc3c2cc1/C=C/CC(C)(C)COC(=O)N[C@H]1CCCCC/C=C\[C@@H]2C[C@@]2(C(=O)NS(=O)(=O)C2CC2)NC(=O)[C@@H]2C[C@H](CN2C1=O)O3. The van der Waals surface area contributed by atoms with E-state index >= 15 is 0 Å². The van der Waals surface area contributed by atoms with Gasteiger partial charge in [0.25, 0.3) is 5.91 Å². The molecule has 54 heavy (non-hydrogen) atoms. The fraction of sp³-hybridized carbons (Fsp3) is 0.564. The first kappa shape index (κ1) is 37.6. The van der Waals surface area contributed by atoms with E-state index in [9.17, 15) is 27.6 Å². The number of hydrogen-bond acceptors (Lipinski definition) is 10. The van der Waals surface area contributed by atoms with Gasteiger partial charge in [0.15, 0.2) is 0 Å². The molecule has 7 rings (SSSR count). The quantitative estimate of drug-likeness (QED) is 0.383. The molecule has 14 nitrogen and oxygen atoms in total. The molecule has 2 aliphatic carbocycles. The second-order valence-electron chi connectivity index (χ2n) is 16.0. The summed E-state index contributed by atoms with van der Waals surface area (Å²) in [7, 11) is -2.29. The largest absolute Gasteiger partial charge is 0.496 e. The van der Waals surface area contributed by atoms with Gasteiger partial charge in [-0.15, -0.1) is 0 Å². The van der Waals surface area contributed by atoms with Gasteiger partial charge in [0.05, 0.1) is 25.5 Å². The lowest BCUT2D eigenvalue weighted by atomic mass is 9.90. The average molecular weight is 764 g/mol. The molecule has 5 aliphatic rings. The van der Waals surface area contributed by atoms with Crippen molar-refractivity contribution in [2.75, 3.05) is 20.3 Å². The lowest BCUT2D eigenvalue weighted by Crippen LogP contribution is -2.58. The molecule has 3 aliphatic heterocycles. The maximum atomic E-state index is 14.5. The summed E-state index contributed by atoms with van der Waals surface area (Å²) in [5, 5.41) is 6.59. The molecule has 15 heteroatoms. The maximum Gasteiger partial charge on any atom is 0.407 e. The minimum absolute atomic E-state index is 0.00323. The van der Waals surface area contributed by atoms with Crippen molar-refractivity contribution in [3.8, 4) is 11.6 Å². The number of pyridine rings is 1. The predicted molar refractivity (Wildman–Crippen MR) is 200 cm³/mol. The van der Waals surface area contributed by atoms with Crippen LogP contribution in [-0.2, 0) is 29.1 Å². The van der Waals surface area contributed by atoms with E-state index in [4.69, 9.17) is 14.2 Å². The predicted octanol–water partition coefficient (Wildman–Crippen LogP) is 4.13. The van der Waals surface area contributed by atoms with Gasteiger partial charge in [-0.3, -0.25) is 19.1 Å².